The monoisotopic (exact) mass is 520 g/mol. The van der Waals surface area contributed by atoms with E-state index in [2.05, 4.69) is 47.3 Å². The Bertz CT molecular complexity index is 1220. The van der Waals surface area contributed by atoms with Crippen LogP contribution in [-0.2, 0) is 14.8 Å². The fourth-order valence-electron chi connectivity index (χ4n) is 5.22. The van der Waals surface area contributed by atoms with Gasteiger partial charge in [-0.25, -0.2) is 8.42 Å². The molecular weight excluding hydrogens is 492 g/mol. The SMILES string of the molecule is Cc1ccc2c(c1)C1CN(C)CCC1N2C(=S)Nc1cc(S(=O)(=O)N2CCOCC2)ccc1Cl. The molecule has 0 amide bonds. The van der Waals surface area contributed by atoms with E-state index in [4.69, 9.17) is 28.6 Å². The second-order valence-electron chi connectivity index (χ2n) is 9.25. The number of piperidine rings is 1. The molecule has 7 nitrogen and oxygen atoms in total. The number of thiocarbonyl (C=S) groups is 1. The summed E-state index contributed by atoms with van der Waals surface area (Å²) in [6.07, 6.45) is 0.996. The first kappa shape index (κ1) is 24.0. The number of anilines is 2. The average Bonchev–Trinajstić information content (AvgIpc) is 3.13. The van der Waals surface area contributed by atoms with Gasteiger partial charge in [0.05, 0.1) is 28.8 Å². The fraction of sp³-hybridized carbons (Fsp3) is 0.458. The summed E-state index contributed by atoms with van der Waals surface area (Å²) >= 11 is 12.4. The van der Waals surface area contributed by atoms with Crippen LogP contribution in [0.4, 0.5) is 11.4 Å². The number of aryl methyl sites for hydroxylation is 1. The number of morpholine rings is 1. The zero-order valence-electron chi connectivity index (χ0n) is 19.3. The molecule has 0 aliphatic carbocycles. The Morgan fingerprint density at radius 2 is 1.91 bits per heavy atom. The number of sulfonamides is 1. The van der Waals surface area contributed by atoms with Crippen molar-refractivity contribution in [3.8, 4) is 0 Å². The van der Waals surface area contributed by atoms with Gasteiger partial charge in [-0.3, -0.25) is 0 Å². The Kier molecular flexibility index (Phi) is 6.60. The average molecular weight is 521 g/mol. The van der Waals surface area contributed by atoms with Crippen LogP contribution in [0.15, 0.2) is 41.3 Å². The van der Waals surface area contributed by atoms with Gasteiger partial charge in [0.15, 0.2) is 5.11 Å². The van der Waals surface area contributed by atoms with Gasteiger partial charge < -0.3 is 19.9 Å². The highest BCUT2D eigenvalue weighted by molar-refractivity contribution is 7.89. The Morgan fingerprint density at radius 3 is 2.68 bits per heavy atom. The molecule has 0 spiro atoms. The van der Waals surface area contributed by atoms with E-state index < -0.39 is 10.0 Å². The van der Waals surface area contributed by atoms with Gasteiger partial charge in [-0.2, -0.15) is 4.31 Å². The van der Waals surface area contributed by atoms with Gasteiger partial charge in [-0.05, 0) is 69.0 Å². The molecule has 2 aromatic rings. The third-order valence-electron chi connectivity index (χ3n) is 6.96. The molecule has 0 saturated carbocycles. The van der Waals surface area contributed by atoms with Crippen molar-refractivity contribution in [1.82, 2.24) is 9.21 Å². The number of benzene rings is 2. The molecule has 3 heterocycles. The number of halogens is 1. The van der Waals surface area contributed by atoms with E-state index in [0.29, 0.717) is 48.0 Å². The minimum Gasteiger partial charge on any atom is -0.379 e. The van der Waals surface area contributed by atoms with E-state index in [9.17, 15) is 8.42 Å². The van der Waals surface area contributed by atoms with E-state index in [1.54, 1.807) is 18.2 Å². The summed E-state index contributed by atoms with van der Waals surface area (Å²) in [7, 11) is -1.48. The summed E-state index contributed by atoms with van der Waals surface area (Å²) in [5.41, 5.74) is 4.15. The number of fused-ring (bicyclic) bond motifs is 3. The predicted molar refractivity (Wildman–Crippen MR) is 140 cm³/mol. The fourth-order valence-corrected chi connectivity index (χ4v) is 7.16. The van der Waals surface area contributed by atoms with Crippen LogP contribution in [0.1, 0.15) is 23.5 Å². The quantitative estimate of drug-likeness (QED) is 0.619. The molecule has 1 N–H and O–H groups in total. The Morgan fingerprint density at radius 1 is 1.15 bits per heavy atom. The van der Waals surface area contributed by atoms with Crippen LogP contribution in [0.2, 0.25) is 5.02 Å². The summed E-state index contributed by atoms with van der Waals surface area (Å²) < 4.78 is 33.1. The van der Waals surface area contributed by atoms with E-state index >= 15 is 0 Å². The van der Waals surface area contributed by atoms with E-state index in [1.807, 2.05) is 0 Å². The number of hydrogen-bond acceptors (Lipinski definition) is 5. The van der Waals surface area contributed by atoms with E-state index in [0.717, 1.165) is 25.2 Å². The molecule has 2 saturated heterocycles. The lowest BCUT2D eigenvalue weighted by Gasteiger charge is -2.37. The maximum atomic E-state index is 13.2. The molecule has 0 aromatic heterocycles. The van der Waals surface area contributed by atoms with E-state index in [-0.39, 0.29) is 10.9 Å². The van der Waals surface area contributed by atoms with Gasteiger partial charge in [0, 0.05) is 37.3 Å². The van der Waals surface area contributed by atoms with Crippen molar-refractivity contribution in [3.05, 3.63) is 52.5 Å². The number of ether oxygens (including phenoxy) is 1. The maximum Gasteiger partial charge on any atom is 0.243 e. The summed E-state index contributed by atoms with van der Waals surface area (Å²) in [5, 5.41) is 4.23. The first-order valence-electron chi connectivity index (χ1n) is 11.5. The summed E-state index contributed by atoms with van der Waals surface area (Å²) in [6.45, 7) is 5.57. The highest BCUT2D eigenvalue weighted by Gasteiger charge is 2.43. The van der Waals surface area contributed by atoms with Crippen molar-refractivity contribution in [3.63, 3.8) is 0 Å². The summed E-state index contributed by atoms with van der Waals surface area (Å²) in [5.74, 6) is 0.372. The number of rotatable bonds is 3. The Labute approximate surface area is 211 Å². The minimum absolute atomic E-state index is 0.193. The van der Waals surface area contributed by atoms with Gasteiger partial charge >= 0.3 is 0 Å². The molecular formula is C24H29ClN4O3S2. The number of nitrogens with one attached hydrogen (secondary N) is 1. The molecule has 2 fully saturated rings. The van der Waals surface area contributed by atoms with Crippen molar-refractivity contribution < 1.29 is 13.2 Å². The Hall–Kier alpha value is -1.75. The summed E-state index contributed by atoms with van der Waals surface area (Å²) in [4.78, 5) is 4.75. The van der Waals surface area contributed by atoms with Crippen molar-refractivity contribution in [1.29, 1.82) is 0 Å². The molecule has 0 radical (unpaired) electrons. The molecule has 2 aromatic carbocycles. The van der Waals surface area contributed by atoms with E-state index in [1.165, 1.54) is 15.4 Å². The topological polar surface area (TPSA) is 65.1 Å². The molecule has 0 bridgehead atoms. The van der Waals surface area contributed by atoms with Crippen LogP contribution < -0.4 is 10.2 Å². The van der Waals surface area contributed by atoms with Crippen LogP contribution in [0.3, 0.4) is 0 Å². The molecule has 182 valence electrons. The predicted octanol–water partition coefficient (Wildman–Crippen LogP) is 3.67. The first-order valence-corrected chi connectivity index (χ1v) is 13.7. The number of likely N-dealkylation sites (N-methyl/N-ethyl adjacent to an activating group) is 1. The highest BCUT2D eigenvalue weighted by atomic mass is 35.5. The van der Waals surface area contributed by atoms with Crippen LogP contribution >= 0.6 is 23.8 Å². The number of likely N-dealkylation sites (tertiary alicyclic amines) is 1. The smallest absolute Gasteiger partial charge is 0.243 e. The number of nitrogens with zero attached hydrogens (tertiary/aromatic N) is 3. The largest absolute Gasteiger partial charge is 0.379 e. The van der Waals surface area contributed by atoms with Crippen LogP contribution in [0.25, 0.3) is 0 Å². The van der Waals surface area contributed by atoms with Crippen LogP contribution in [-0.4, -0.2) is 75.2 Å². The third kappa shape index (κ3) is 4.34. The highest BCUT2D eigenvalue weighted by Crippen LogP contribution is 2.45. The molecule has 2 unspecified atom stereocenters. The van der Waals surface area contributed by atoms with Gasteiger partial charge in [0.2, 0.25) is 10.0 Å². The van der Waals surface area contributed by atoms with Crippen LogP contribution in [0.5, 0.6) is 0 Å². The first-order chi connectivity index (χ1) is 16.3. The van der Waals surface area contributed by atoms with Crippen molar-refractivity contribution >= 4 is 50.3 Å². The van der Waals surface area contributed by atoms with Gasteiger partial charge in [0.1, 0.15) is 0 Å². The van der Waals surface area contributed by atoms with Crippen LogP contribution in [0, 0.1) is 6.92 Å². The Balaban J connectivity index is 1.44. The van der Waals surface area contributed by atoms with Gasteiger partial charge in [0.25, 0.3) is 0 Å². The molecule has 3 aliphatic heterocycles. The lowest BCUT2D eigenvalue weighted by molar-refractivity contribution is 0.0730. The second-order valence-corrected chi connectivity index (χ2v) is 12.0. The molecule has 5 rings (SSSR count). The van der Waals surface area contributed by atoms with Gasteiger partial charge in [-0.1, -0.05) is 29.3 Å². The lowest BCUT2D eigenvalue weighted by atomic mass is 9.89. The van der Waals surface area contributed by atoms with Gasteiger partial charge in [-0.15, -0.1) is 0 Å². The second kappa shape index (κ2) is 9.37. The van der Waals surface area contributed by atoms with Crippen molar-refractivity contribution in [2.75, 3.05) is 56.7 Å². The minimum atomic E-state index is -3.64. The standard InChI is InChI=1S/C24H29ClN4O3S2/c1-16-3-6-22-18(13-16)19-15-27(2)8-7-23(19)29(22)24(33)26-21-14-17(4-5-20(21)25)34(30,31)28-9-11-32-12-10-28/h3-6,13-14,19,23H,7-12,15H2,1-2H3,(H,26,33). The summed E-state index contributed by atoms with van der Waals surface area (Å²) in [6, 6.07) is 11.5. The van der Waals surface area contributed by atoms with Crippen molar-refractivity contribution in [2.45, 2.75) is 30.2 Å². The molecule has 34 heavy (non-hydrogen) atoms. The normalized spacial score (nSPS) is 23.4. The molecule has 2 atom stereocenters. The van der Waals surface area contributed by atoms with Crippen molar-refractivity contribution in [2.24, 2.45) is 0 Å². The lowest BCUT2D eigenvalue weighted by Crippen LogP contribution is -2.48. The maximum absolute atomic E-state index is 13.2. The zero-order valence-corrected chi connectivity index (χ0v) is 21.7. The molecule has 3 aliphatic rings. The third-order valence-corrected chi connectivity index (χ3v) is 9.48. The zero-order chi connectivity index (χ0) is 24.0. The molecule has 10 heteroatoms. The number of hydrogen-bond donors (Lipinski definition) is 1.